The number of aromatic nitrogens is 4. The van der Waals surface area contributed by atoms with Crippen molar-refractivity contribution in [2.45, 2.75) is 19.9 Å². The predicted octanol–water partition coefficient (Wildman–Crippen LogP) is 2.10. The van der Waals surface area contributed by atoms with E-state index in [-0.39, 0.29) is 0 Å². The van der Waals surface area contributed by atoms with Gasteiger partial charge in [0.1, 0.15) is 4.88 Å². The van der Waals surface area contributed by atoms with Crippen LogP contribution in [0.2, 0.25) is 0 Å². The fourth-order valence-corrected chi connectivity index (χ4v) is 2.61. The molecule has 0 aliphatic heterocycles. The Morgan fingerprint density at radius 1 is 1.39 bits per heavy atom. The Morgan fingerprint density at radius 2 is 2.28 bits per heavy atom. The second-order valence-corrected chi connectivity index (χ2v) is 4.80. The highest BCUT2D eigenvalue weighted by Gasteiger charge is 2.13. The molecule has 5 nitrogen and oxygen atoms in total. The third-order valence-electron chi connectivity index (χ3n) is 2.89. The number of hydrogen-bond acceptors (Lipinski definition) is 5. The van der Waals surface area contributed by atoms with Gasteiger partial charge in [-0.15, -0.1) is 5.10 Å². The van der Waals surface area contributed by atoms with Crippen molar-refractivity contribution in [3.63, 3.8) is 0 Å². The molecule has 92 valence electrons. The average molecular weight is 259 g/mol. The molecule has 6 heteroatoms. The number of nitrogens with zero attached hydrogens (tertiary/aromatic N) is 3. The molecule has 0 fully saturated rings. The molecule has 18 heavy (non-hydrogen) atoms. The summed E-state index contributed by atoms with van der Waals surface area (Å²) < 4.78 is 3.98. The highest BCUT2D eigenvalue weighted by atomic mass is 32.1. The molecule has 0 spiro atoms. The van der Waals surface area contributed by atoms with Gasteiger partial charge in [0.2, 0.25) is 0 Å². The maximum absolute atomic E-state index is 5.64. The number of rotatable bonds is 3. The van der Waals surface area contributed by atoms with Gasteiger partial charge in [0, 0.05) is 6.54 Å². The number of imidazole rings is 1. The van der Waals surface area contributed by atoms with E-state index in [4.69, 9.17) is 5.73 Å². The van der Waals surface area contributed by atoms with E-state index in [1.54, 1.807) is 0 Å². The molecule has 3 aromatic rings. The molecule has 0 amide bonds. The van der Waals surface area contributed by atoms with Crippen molar-refractivity contribution >= 4 is 22.6 Å². The molecule has 0 saturated heterocycles. The molecule has 2 aromatic heterocycles. The minimum Gasteiger partial charge on any atom is -0.337 e. The van der Waals surface area contributed by atoms with E-state index >= 15 is 0 Å². The summed E-state index contributed by atoms with van der Waals surface area (Å²) in [6.45, 7) is 2.60. The topological polar surface area (TPSA) is 80.5 Å². The van der Waals surface area contributed by atoms with Gasteiger partial charge < -0.3 is 10.7 Å². The Bertz CT molecular complexity index is 685. The molecule has 0 bridgehead atoms. The zero-order valence-corrected chi connectivity index (χ0v) is 10.8. The van der Waals surface area contributed by atoms with E-state index in [2.05, 4.69) is 26.5 Å². The number of fused-ring (bicyclic) bond motifs is 1. The van der Waals surface area contributed by atoms with Crippen LogP contribution in [0.3, 0.4) is 0 Å². The summed E-state index contributed by atoms with van der Waals surface area (Å²) in [6.07, 6.45) is 0.858. The lowest BCUT2D eigenvalue weighted by Gasteiger charge is -1.94. The van der Waals surface area contributed by atoms with E-state index in [9.17, 15) is 0 Å². The summed E-state index contributed by atoms with van der Waals surface area (Å²) in [5, 5.41) is 4.10. The van der Waals surface area contributed by atoms with Crippen molar-refractivity contribution < 1.29 is 0 Å². The number of aromatic amines is 1. The maximum Gasteiger partial charge on any atom is 0.152 e. The van der Waals surface area contributed by atoms with E-state index in [1.165, 1.54) is 11.5 Å². The van der Waals surface area contributed by atoms with Crippen LogP contribution in [0, 0.1) is 0 Å². The van der Waals surface area contributed by atoms with Gasteiger partial charge >= 0.3 is 0 Å². The van der Waals surface area contributed by atoms with Crippen LogP contribution in [-0.2, 0) is 13.0 Å². The van der Waals surface area contributed by atoms with Gasteiger partial charge in [-0.3, -0.25) is 0 Å². The fourth-order valence-electron chi connectivity index (χ4n) is 1.91. The van der Waals surface area contributed by atoms with Gasteiger partial charge in [0.15, 0.2) is 5.82 Å². The van der Waals surface area contributed by atoms with Crippen LogP contribution >= 0.6 is 11.5 Å². The third kappa shape index (κ3) is 1.79. The fraction of sp³-hybridized carbons (Fsp3) is 0.250. The number of nitrogens with two attached hydrogens (primary N) is 1. The highest BCUT2D eigenvalue weighted by Crippen LogP contribution is 2.26. The van der Waals surface area contributed by atoms with Gasteiger partial charge in [-0.05, 0) is 35.6 Å². The van der Waals surface area contributed by atoms with Crippen molar-refractivity contribution in [2.24, 2.45) is 5.73 Å². The van der Waals surface area contributed by atoms with E-state index in [0.717, 1.165) is 39.4 Å². The molecule has 0 radical (unpaired) electrons. The molecular weight excluding hydrogens is 246 g/mol. The largest absolute Gasteiger partial charge is 0.337 e. The number of aryl methyl sites for hydroxylation is 1. The standard InChI is InChI=1S/C12H13N5S/c1-2-8-11(18-17-16-8)12-14-9-4-3-7(6-13)5-10(9)15-12/h3-5H,2,6,13H2,1H3,(H,14,15). The number of hydrogen-bond donors (Lipinski definition) is 2. The molecule has 0 saturated carbocycles. The van der Waals surface area contributed by atoms with Crippen molar-refractivity contribution in [1.82, 2.24) is 19.6 Å². The van der Waals surface area contributed by atoms with Crippen LogP contribution in [0.25, 0.3) is 21.7 Å². The Kier molecular flexibility index (Phi) is 2.81. The molecule has 0 atom stereocenters. The monoisotopic (exact) mass is 259 g/mol. The smallest absolute Gasteiger partial charge is 0.152 e. The first kappa shape index (κ1) is 11.3. The molecule has 3 rings (SSSR count). The van der Waals surface area contributed by atoms with Crippen molar-refractivity contribution in [3.8, 4) is 10.7 Å². The van der Waals surface area contributed by atoms with Crippen LogP contribution in [-0.4, -0.2) is 19.6 Å². The third-order valence-corrected chi connectivity index (χ3v) is 3.66. The molecule has 1 aromatic carbocycles. The quantitative estimate of drug-likeness (QED) is 0.754. The lowest BCUT2D eigenvalue weighted by atomic mass is 10.2. The molecule has 0 aliphatic rings. The number of nitrogens with one attached hydrogen (secondary N) is 1. The molecule has 2 heterocycles. The zero-order valence-electron chi connectivity index (χ0n) is 9.97. The minimum atomic E-state index is 0.534. The summed E-state index contributed by atoms with van der Waals surface area (Å²) in [7, 11) is 0. The summed E-state index contributed by atoms with van der Waals surface area (Å²) in [5.41, 5.74) is 9.66. The van der Waals surface area contributed by atoms with Crippen LogP contribution in [0.4, 0.5) is 0 Å². The number of H-pyrrole nitrogens is 1. The average Bonchev–Trinajstić information content (AvgIpc) is 3.03. The van der Waals surface area contributed by atoms with Crippen molar-refractivity contribution in [3.05, 3.63) is 29.5 Å². The van der Waals surface area contributed by atoms with Gasteiger partial charge in [0.05, 0.1) is 16.7 Å². The Balaban J connectivity index is 2.13. The Labute approximate surface area is 108 Å². The maximum atomic E-state index is 5.64. The summed E-state index contributed by atoms with van der Waals surface area (Å²) in [5.74, 6) is 0.839. The second-order valence-electron chi connectivity index (χ2n) is 4.04. The minimum absolute atomic E-state index is 0.534. The Hall–Kier alpha value is -1.79. The van der Waals surface area contributed by atoms with Gasteiger partial charge in [-0.2, -0.15) is 0 Å². The zero-order chi connectivity index (χ0) is 12.5. The summed E-state index contributed by atoms with van der Waals surface area (Å²) >= 11 is 1.37. The lowest BCUT2D eigenvalue weighted by molar-refractivity contribution is 0.990. The van der Waals surface area contributed by atoms with E-state index < -0.39 is 0 Å². The van der Waals surface area contributed by atoms with Gasteiger partial charge in [-0.1, -0.05) is 17.5 Å². The summed E-state index contributed by atoms with van der Waals surface area (Å²) in [6, 6.07) is 6.02. The molecule has 0 aliphatic carbocycles. The SMILES string of the molecule is CCc1nnsc1-c1nc2ccc(CN)cc2[nH]1. The lowest BCUT2D eigenvalue weighted by Crippen LogP contribution is -1.95. The van der Waals surface area contributed by atoms with Crippen LogP contribution in [0.15, 0.2) is 18.2 Å². The van der Waals surface area contributed by atoms with Gasteiger partial charge in [0.25, 0.3) is 0 Å². The number of benzene rings is 1. The van der Waals surface area contributed by atoms with Gasteiger partial charge in [-0.25, -0.2) is 4.98 Å². The van der Waals surface area contributed by atoms with Crippen LogP contribution in [0.1, 0.15) is 18.2 Å². The van der Waals surface area contributed by atoms with Crippen molar-refractivity contribution in [1.29, 1.82) is 0 Å². The first-order valence-electron chi connectivity index (χ1n) is 5.82. The summed E-state index contributed by atoms with van der Waals surface area (Å²) in [4.78, 5) is 8.90. The first-order chi connectivity index (χ1) is 8.81. The molecular formula is C12H13N5S. The molecule has 3 N–H and O–H groups in total. The van der Waals surface area contributed by atoms with E-state index in [1.807, 2.05) is 18.2 Å². The normalized spacial score (nSPS) is 11.2. The highest BCUT2D eigenvalue weighted by molar-refractivity contribution is 7.09. The van der Waals surface area contributed by atoms with Crippen LogP contribution < -0.4 is 5.73 Å². The second kappa shape index (κ2) is 4.47. The first-order valence-corrected chi connectivity index (χ1v) is 6.59. The van der Waals surface area contributed by atoms with Crippen LogP contribution in [0.5, 0.6) is 0 Å². The molecule has 0 unspecified atom stereocenters. The predicted molar refractivity (Wildman–Crippen MR) is 72.3 cm³/mol. The van der Waals surface area contributed by atoms with Crippen molar-refractivity contribution in [2.75, 3.05) is 0 Å². The van der Waals surface area contributed by atoms with E-state index in [0.29, 0.717) is 6.54 Å². The Morgan fingerprint density at radius 3 is 3.06 bits per heavy atom.